The average Bonchev–Trinajstić information content (AvgIpc) is 3.27. The number of hydrogen-bond donors (Lipinski definition) is 3. The van der Waals surface area contributed by atoms with Crippen LogP contribution in [0.1, 0.15) is 41.2 Å². The van der Waals surface area contributed by atoms with Crippen LogP contribution in [0.5, 0.6) is 11.5 Å². The van der Waals surface area contributed by atoms with Crippen LogP contribution in [0.15, 0.2) is 47.0 Å². The molecule has 3 atom stereocenters. The molecule has 3 aromatic rings. The number of methoxy groups -OCH3 is 1. The summed E-state index contributed by atoms with van der Waals surface area (Å²) in [6.45, 7) is 8.87. The van der Waals surface area contributed by atoms with Gasteiger partial charge in [-0.1, -0.05) is 24.2 Å². The smallest absolute Gasteiger partial charge is 0.323 e. The lowest BCUT2D eigenvalue weighted by Crippen LogP contribution is -2.49. The van der Waals surface area contributed by atoms with Gasteiger partial charge in [-0.05, 0) is 63.7 Å². The largest absolute Gasteiger partial charge is 0.497 e. The predicted molar refractivity (Wildman–Crippen MR) is 156 cm³/mol. The van der Waals surface area contributed by atoms with Crippen molar-refractivity contribution >= 4 is 23.3 Å². The number of nitrogens with zero attached hydrogens (tertiary/aromatic N) is 3. The van der Waals surface area contributed by atoms with E-state index in [-0.39, 0.29) is 24.5 Å². The van der Waals surface area contributed by atoms with Gasteiger partial charge in [-0.25, -0.2) is 4.79 Å². The third kappa shape index (κ3) is 7.17. The van der Waals surface area contributed by atoms with Crippen molar-refractivity contribution in [3.8, 4) is 11.5 Å². The van der Waals surface area contributed by atoms with Crippen molar-refractivity contribution in [2.45, 2.75) is 46.4 Å². The summed E-state index contributed by atoms with van der Waals surface area (Å²) in [4.78, 5) is 30.3. The lowest BCUT2D eigenvalue weighted by atomic mass is 9.99. The van der Waals surface area contributed by atoms with E-state index in [1.807, 2.05) is 38.2 Å². The molecule has 1 aromatic heterocycles. The standard InChI is InChI=1S/C30H39N5O6/c1-18-14-35(19(2)17-36)29(37)25-13-23(31-30(38)32-28-20(3)33-41-21(28)4)9-12-26(25)40-27(18)16-34(5)15-22-7-10-24(39-6)11-8-22/h7-13,18-19,27,36H,14-17H2,1-6H3,(H2,31,32,38)/t18-,19-,27-/m1/s1. The van der Waals surface area contributed by atoms with Gasteiger partial charge in [0.05, 0.1) is 25.3 Å². The van der Waals surface area contributed by atoms with Gasteiger partial charge in [0.2, 0.25) is 0 Å². The number of aliphatic hydroxyl groups is 1. The van der Waals surface area contributed by atoms with Crippen LogP contribution in [0, 0.1) is 19.8 Å². The van der Waals surface area contributed by atoms with Crippen molar-refractivity contribution in [2.24, 2.45) is 5.92 Å². The molecule has 0 spiro atoms. The third-order valence-corrected chi connectivity index (χ3v) is 7.30. The molecule has 2 heterocycles. The Balaban J connectivity index is 1.55. The third-order valence-electron chi connectivity index (χ3n) is 7.30. The number of aryl methyl sites for hydroxylation is 2. The van der Waals surface area contributed by atoms with Gasteiger partial charge >= 0.3 is 6.03 Å². The minimum Gasteiger partial charge on any atom is -0.497 e. The van der Waals surface area contributed by atoms with Crippen molar-refractivity contribution in [1.82, 2.24) is 15.0 Å². The Bertz CT molecular complexity index is 1340. The van der Waals surface area contributed by atoms with E-state index in [0.717, 1.165) is 11.3 Å². The Labute approximate surface area is 240 Å². The van der Waals surface area contributed by atoms with Crippen molar-refractivity contribution in [2.75, 3.05) is 44.5 Å². The van der Waals surface area contributed by atoms with Crippen LogP contribution in [0.2, 0.25) is 0 Å². The van der Waals surface area contributed by atoms with E-state index in [9.17, 15) is 14.7 Å². The van der Waals surface area contributed by atoms with Gasteiger partial charge in [0.25, 0.3) is 5.91 Å². The number of aromatic nitrogens is 1. The second kappa shape index (κ2) is 13.0. The molecular formula is C30H39N5O6. The van der Waals surface area contributed by atoms with Crippen molar-refractivity contribution < 1.29 is 28.7 Å². The van der Waals surface area contributed by atoms with E-state index >= 15 is 0 Å². The average molecular weight is 566 g/mol. The highest BCUT2D eigenvalue weighted by Crippen LogP contribution is 2.31. The van der Waals surface area contributed by atoms with Crippen molar-refractivity contribution in [3.05, 3.63) is 65.0 Å². The van der Waals surface area contributed by atoms with Crippen LogP contribution in [0.25, 0.3) is 0 Å². The summed E-state index contributed by atoms with van der Waals surface area (Å²) in [5, 5.41) is 19.3. The number of likely N-dealkylation sites (N-methyl/N-ethyl adjacent to an activating group) is 1. The summed E-state index contributed by atoms with van der Waals surface area (Å²) in [6, 6.07) is 12.1. The maximum Gasteiger partial charge on any atom is 0.323 e. The Morgan fingerprint density at radius 2 is 1.95 bits per heavy atom. The van der Waals surface area contributed by atoms with E-state index in [0.29, 0.717) is 53.8 Å². The molecule has 3 N–H and O–H groups in total. The molecule has 220 valence electrons. The topological polar surface area (TPSA) is 129 Å². The predicted octanol–water partition coefficient (Wildman–Crippen LogP) is 4.30. The lowest BCUT2D eigenvalue weighted by molar-refractivity contribution is 0.0341. The first-order valence-electron chi connectivity index (χ1n) is 13.6. The van der Waals surface area contributed by atoms with Crippen molar-refractivity contribution in [3.63, 3.8) is 0 Å². The number of benzene rings is 2. The number of rotatable bonds is 9. The first kappa shape index (κ1) is 29.9. The van der Waals surface area contributed by atoms with Crippen LogP contribution in [-0.2, 0) is 6.54 Å². The molecule has 0 aliphatic carbocycles. The van der Waals surface area contributed by atoms with E-state index in [1.165, 1.54) is 0 Å². The lowest BCUT2D eigenvalue weighted by Gasteiger charge is -2.38. The molecule has 4 rings (SSSR count). The molecule has 1 aliphatic heterocycles. The number of nitrogens with one attached hydrogen (secondary N) is 2. The zero-order valence-corrected chi connectivity index (χ0v) is 24.4. The summed E-state index contributed by atoms with van der Waals surface area (Å²) < 4.78 is 16.8. The van der Waals surface area contributed by atoms with Crippen LogP contribution in [0.4, 0.5) is 16.2 Å². The van der Waals surface area contributed by atoms with E-state index in [2.05, 4.69) is 27.6 Å². The zero-order valence-electron chi connectivity index (χ0n) is 24.4. The Morgan fingerprint density at radius 1 is 1.22 bits per heavy atom. The number of hydrogen-bond acceptors (Lipinski definition) is 8. The minimum atomic E-state index is -0.495. The van der Waals surface area contributed by atoms with Crippen LogP contribution >= 0.6 is 0 Å². The number of carbonyl (C=O) groups is 2. The van der Waals surface area contributed by atoms with Gasteiger partial charge < -0.3 is 34.6 Å². The fraction of sp³-hybridized carbons (Fsp3) is 0.433. The molecule has 2 aromatic carbocycles. The highest BCUT2D eigenvalue weighted by molar-refractivity contribution is 6.03. The number of urea groups is 1. The number of fused-ring (bicyclic) bond motifs is 1. The molecule has 0 bridgehead atoms. The van der Waals surface area contributed by atoms with Crippen molar-refractivity contribution in [1.29, 1.82) is 0 Å². The molecule has 0 saturated carbocycles. The SMILES string of the molecule is COc1ccc(CN(C)C[C@H]2Oc3ccc(NC(=O)Nc4c(C)noc4C)cc3C(=O)N([C@H](C)CO)C[C@H]2C)cc1. The summed E-state index contributed by atoms with van der Waals surface area (Å²) >= 11 is 0. The molecule has 0 unspecified atom stereocenters. The Morgan fingerprint density at radius 3 is 2.59 bits per heavy atom. The van der Waals surface area contributed by atoms with E-state index in [4.69, 9.17) is 14.0 Å². The number of ether oxygens (including phenoxy) is 2. The van der Waals surface area contributed by atoms with Gasteiger partial charge in [0.15, 0.2) is 5.76 Å². The second-order valence-corrected chi connectivity index (χ2v) is 10.7. The van der Waals surface area contributed by atoms with Gasteiger partial charge in [-0.2, -0.15) is 0 Å². The van der Waals surface area contributed by atoms with Crippen LogP contribution < -0.4 is 20.1 Å². The normalized spacial score (nSPS) is 17.8. The highest BCUT2D eigenvalue weighted by atomic mass is 16.5. The molecule has 3 amide bonds. The maximum absolute atomic E-state index is 13.7. The first-order chi connectivity index (χ1) is 19.6. The molecule has 0 fully saturated rings. The van der Waals surface area contributed by atoms with Gasteiger partial charge in [0, 0.05) is 31.2 Å². The van der Waals surface area contributed by atoms with E-state index < -0.39 is 12.1 Å². The summed E-state index contributed by atoms with van der Waals surface area (Å²) in [6.07, 6.45) is -0.236. The fourth-order valence-electron chi connectivity index (χ4n) is 4.87. The number of amides is 3. The second-order valence-electron chi connectivity index (χ2n) is 10.7. The maximum atomic E-state index is 13.7. The molecular weight excluding hydrogens is 526 g/mol. The Kier molecular flexibility index (Phi) is 9.51. The van der Waals surface area contributed by atoms with Crippen LogP contribution in [-0.4, -0.2) is 78.0 Å². The Hall–Kier alpha value is -4.09. The molecule has 11 heteroatoms. The van der Waals surface area contributed by atoms with Gasteiger partial charge in [-0.3, -0.25) is 9.69 Å². The number of carbonyl (C=O) groups excluding carboxylic acids is 2. The minimum absolute atomic E-state index is 0.0157. The number of anilines is 2. The van der Waals surface area contributed by atoms with E-state index in [1.54, 1.807) is 44.1 Å². The van der Waals surface area contributed by atoms with Gasteiger partial charge in [-0.15, -0.1) is 0 Å². The van der Waals surface area contributed by atoms with Gasteiger partial charge in [0.1, 0.15) is 29.0 Å². The summed E-state index contributed by atoms with van der Waals surface area (Å²) in [7, 11) is 3.68. The molecule has 0 radical (unpaired) electrons. The molecule has 1 aliphatic rings. The number of aliphatic hydroxyl groups excluding tert-OH is 1. The zero-order chi connectivity index (χ0) is 29.7. The highest BCUT2D eigenvalue weighted by Gasteiger charge is 2.33. The molecule has 0 saturated heterocycles. The van der Waals surface area contributed by atoms with Crippen LogP contribution in [0.3, 0.4) is 0 Å². The molecule has 11 nitrogen and oxygen atoms in total. The fourth-order valence-corrected chi connectivity index (χ4v) is 4.87. The quantitative estimate of drug-likeness (QED) is 0.350. The summed E-state index contributed by atoms with van der Waals surface area (Å²) in [5.41, 5.74) is 2.93. The monoisotopic (exact) mass is 565 g/mol. The first-order valence-corrected chi connectivity index (χ1v) is 13.6. The molecule has 41 heavy (non-hydrogen) atoms. The summed E-state index contributed by atoms with van der Waals surface area (Å²) in [5.74, 6) is 1.44.